The van der Waals surface area contributed by atoms with Gasteiger partial charge in [0.15, 0.2) is 11.5 Å². The van der Waals surface area contributed by atoms with Crippen LogP contribution in [0.15, 0.2) is 18.2 Å². The average Bonchev–Trinajstić information content (AvgIpc) is 2.81. The minimum Gasteiger partial charge on any atom is -0.490 e. The van der Waals surface area contributed by atoms with Crippen LogP contribution in [0.3, 0.4) is 0 Å². The molecule has 0 spiro atoms. The fourth-order valence-electron chi connectivity index (χ4n) is 2.35. The van der Waals surface area contributed by atoms with Crippen LogP contribution in [-0.2, 0) is 0 Å². The quantitative estimate of drug-likeness (QED) is 0.833. The van der Waals surface area contributed by atoms with Gasteiger partial charge in [-0.05, 0) is 31.2 Å². The van der Waals surface area contributed by atoms with Crippen molar-refractivity contribution < 1.29 is 14.3 Å². The van der Waals surface area contributed by atoms with Gasteiger partial charge in [0.25, 0.3) is 5.91 Å². The largest absolute Gasteiger partial charge is 0.490 e. The first-order chi connectivity index (χ1) is 9.33. The van der Waals surface area contributed by atoms with Gasteiger partial charge in [-0.15, -0.1) is 0 Å². The van der Waals surface area contributed by atoms with E-state index in [-0.39, 0.29) is 11.9 Å². The van der Waals surface area contributed by atoms with Crippen molar-refractivity contribution in [3.63, 3.8) is 0 Å². The lowest BCUT2D eigenvalue weighted by Crippen LogP contribution is -2.36. The highest BCUT2D eigenvalue weighted by Crippen LogP contribution is 2.30. The van der Waals surface area contributed by atoms with E-state index in [4.69, 9.17) is 9.47 Å². The molecule has 2 aliphatic heterocycles. The topological polar surface area (TPSA) is 59.6 Å². The van der Waals surface area contributed by atoms with E-state index in [1.54, 1.807) is 12.1 Å². The first kappa shape index (κ1) is 12.3. The van der Waals surface area contributed by atoms with Gasteiger partial charge in [-0.25, -0.2) is 0 Å². The third-order valence-corrected chi connectivity index (χ3v) is 3.41. The van der Waals surface area contributed by atoms with Gasteiger partial charge in [0.1, 0.15) is 0 Å². The van der Waals surface area contributed by atoms with Crippen LogP contribution in [0.4, 0.5) is 0 Å². The number of fused-ring (bicyclic) bond motifs is 1. The molecular weight excluding hydrogens is 244 g/mol. The average molecular weight is 262 g/mol. The molecular formula is C14H18N2O3. The summed E-state index contributed by atoms with van der Waals surface area (Å²) in [6.45, 7) is 3.10. The zero-order chi connectivity index (χ0) is 13.1. The molecule has 1 unspecified atom stereocenters. The Morgan fingerprint density at radius 3 is 2.89 bits per heavy atom. The summed E-state index contributed by atoms with van der Waals surface area (Å²) in [6.07, 6.45) is 1.85. The maximum atomic E-state index is 12.1. The summed E-state index contributed by atoms with van der Waals surface area (Å²) in [7, 11) is 0. The molecule has 1 amide bonds. The maximum Gasteiger partial charge on any atom is 0.251 e. The molecule has 1 fully saturated rings. The SMILES string of the molecule is O=C(NC1CCNC1)c1ccc2c(c1)OCCCO2. The highest BCUT2D eigenvalue weighted by Gasteiger charge is 2.19. The number of benzene rings is 1. The molecule has 1 aromatic rings. The fourth-order valence-corrected chi connectivity index (χ4v) is 2.35. The van der Waals surface area contributed by atoms with Gasteiger partial charge in [-0.1, -0.05) is 0 Å². The van der Waals surface area contributed by atoms with E-state index in [1.807, 2.05) is 6.07 Å². The van der Waals surface area contributed by atoms with Crippen molar-refractivity contribution in [3.8, 4) is 11.5 Å². The second kappa shape index (κ2) is 5.48. The van der Waals surface area contributed by atoms with Gasteiger partial charge >= 0.3 is 0 Å². The van der Waals surface area contributed by atoms with Crippen molar-refractivity contribution in [1.82, 2.24) is 10.6 Å². The van der Waals surface area contributed by atoms with Crippen LogP contribution >= 0.6 is 0 Å². The second-order valence-electron chi connectivity index (χ2n) is 4.88. The van der Waals surface area contributed by atoms with Crippen molar-refractivity contribution in [2.45, 2.75) is 18.9 Å². The number of nitrogens with one attached hydrogen (secondary N) is 2. The summed E-state index contributed by atoms with van der Waals surface area (Å²) in [5, 5.41) is 6.25. The molecule has 2 aliphatic rings. The predicted octanol–water partition coefficient (Wildman–Crippen LogP) is 0.940. The molecule has 3 rings (SSSR count). The van der Waals surface area contributed by atoms with E-state index < -0.39 is 0 Å². The van der Waals surface area contributed by atoms with Crippen LogP contribution in [0.2, 0.25) is 0 Å². The zero-order valence-electron chi connectivity index (χ0n) is 10.8. The van der Waals surface area contributed by atoms with Crippen molar-refractivity contribution in [3.05, 3.63) is 23.8 Å². The predicted molar refractivity (Wildman–Crippen MR) is 70.8 cm³/mol. The molecule has 5 heteroatoms. The van der Waals surface area contributed by atoms with E-state index in [2.05, 4.69) is 10.6 Å². The van der Waals surface area contributed by atoms with Crippen molar-refractivity contribution in [2.24, 2.45) is 0 Å². The summed E-state index contributed by atoms with van der Waals surface area (Å²) in [5.41, 5.74) is 0.621. The summed E-state index contributed by atoms with van der Waals surface area (Å²) >= 11 is 0. The molecule has 0 radical (unpaired) electrons. The standard InChI is InChI=1S/C14H18N2O3/c17-14(16-11-4-5-15-9-11)10-2-3-12-13(8-10)19-7-1-6-18-12/h2-3,8,11,15H,1,4-7,9H2,(H,16,17). The van der Waals surface area contributed by atoms with Crippen LogP contribution in [0.5, 0.6) is 11.5 Å². The summed E-state index contributed by atoms with van der Waals surface area (Å²) in [4.78, 5) is 12.1. The Morgan fingerprint density at radius 1 is 1.26 bits per heavy atom. The third kappa shape index (κ3) is 2.81. The Balaban J connectivity index is 1.73. The lowest BCUT2D eigenvalue weighted by atomic mass is 10.1. The van der Waals surface area contributed by atoms with Crippen molar-refractivity contribution in [1.29, 1.82) is 0 Å². The molecule has 2 N–H and O–H groups in total. The number of carbonyl (C=O) groups is 1. The molecule has 0 saturated carbocycles. The first-order valence-corrected chi connectivity index (χ1v) is 6.74. The molecule has 1 atom stereocenters. The summed E-state index contributed by atoms with van der Waals surface area (Å²) in [5.74, 6) is 1.33. The van der Waals surface area contributed by atoms with Gasteiger partial charge in [-0.3, -0.25) is 4.79 Å². The van der Waals surface area contributed by atoms with Crippen LogP contribution in [0, 0.1) is 0 Å². The molecule has 0 bridgehead atoms. The summed E-state index contributed by atoms with van der Waals surface area (Å²) < 4.78 is 11.1. The van der Waals surface area contributed by atoms with Gasteiger partial charge in [-0.2, -0.15) is 0 Å². The molecule has 1 aromatic carbocycles. The number of hydrogen-bond donors (Lipinski definition) is 2. The Kier molecular flexibility index (Phi) is 3.55. The van der Waals surface area contributed by atoms with E-state index in [1.165, 1.54) is 0 Å². The number of amides is 1. The molecule has 0 aromatic heterocycles. The van der Waals surface area contributed by atoms with E-state index in [9.17, 15) is 4.79 Å². The minimum atomic E-state index is -0.0515. The molecule has 0 aliphatic carbocycles. The van der Waals surface area contributed by atoms with Crippen LogP contribution in [0.25, 0.3) is 0 Å². The number of carbonyl (C=O) groups excluding carboxylic acids is 1. The normalized spacial score (nSPS) is 21.8. The molecule has 2 heterocycles. The van der Waals surface area contributed by atoms with Crippen molar-refractivity contribution in [2.75, 3.05) is 26.3 Å². The van der Waals surface area contributed by atoms with E-state index in [0.29, 0.717) is 24.5 Å². The Hall–Kier alpha value is -1.75. The van der Waals surface area contributed by atoms with Crippen molar-refractivity contribution >= 4 is 5.91 Å². The van der Waals surface area contributed by atoms with Gasteiger partial charge < -0.3 is 20.1 Å². The lowest BCUT2D eigenvalue weighted by molar-refractivity contribution is 0.0939. The fraction of sp³-hybridized carbons (Fsp3) is 0.500. The summed E-state index contributed by atoms with van der Waals surface area (Å²) in [6, 6.07) is 5.58. The van der Waals surface area contributed by atoms with Crippen LogP contribution < -0.4 is 20.1 Å². The first-order valence-electron chi connectivity index (χ1n) is 6.74. The Labute approximate surface area is 112 Å². The third-order valence-electron chi connectivity index (χ3n) is 3.41. The maximum absolute atomic E-state index is 12.1. The smallest absolute Gasteiger partial charge is 0.251 e. The highest BCUT2D eigenvalue weighted by molar-refractivity contribution is 5.95. The number of ether oxygens (including phenoxy) is 2. The zero-order valence-corrected chi connectivity index (χ0v) is 10.8. The Morgan fingerprint density at radius 2 is 2.11 bits per heavy atom. The second-order valence-corrected chi connectivity index (χ2v) is 4.88. The van der Waals surface area contributed by atoms with E-state index >= 15 is 0 Å². The lowest BCUT2D eigenvalue weighted by Gasteiger charge is -2.13. The molecule has 1 saturated heterocycles. The molecule has 102 valence electrons. The monoisotopic (exact) mass is 262 g/mol. The molecule has 5 nitrogen and oxygen atoms in total. The van der Waals surface area contributed by atoms with Gasteiger partial charge in [0.2, 0.25) is 0 Å². The number of hydrogen-bond acceptors (Lipinski definition) is 4. The van der Waals surface area contributed by atoms with Crippen LogP contribution in [-0.4, -0.2) is 38.3 Å². The van der Waals surface area contributed by atoms with Gasteiger partial charge in [0, 0.05) is 24.6 Å². The number of rotatable bonds is 2. The highest BCUT2D eigenvalue weighted by atomic mass is 16.5. The van der Waals surface area contributed by atoms with Crippen LogP contribution in [0.1, 0.15) is 23.2 Å². The molecule has 19 heavy (non-hydrogen) atoms. The van der Waals surface area contributed by atoms with E-state index in [0.717, 1.165) is 31.7 Å². The minimum absolute atomic E-state index is 0.0515. The van der Waals surface area contributed by atoms with Gasteiger partial charge in [0.05, 0.1) is 13.2 Å². The Bertz CT molecular complexity index is 470.